The summed E-state index contributed by atoms with van der Waals surface area (Å²) in [5.74, 6) is 1.57. The maximum atomic E-state index is 6.45. The standard InChI is InChI=1S/C52H28N6O3/c1-6-16-39-31(11-1)34-23-24-41-47(35-14-2-7-17-40(35)57(41)52-53-38-15-5-10-20-46(38)61-52)48(34)58(39)51-55-49(29-21-25-44-36(27-29)32-12-3-8-18-42(32)59-44)54-50(56-51)30-22-26-45-37(28-30)33-13-4-9-19-43(33)60-45/h1-28H. The Balaban J connectivity index is 1.09. The number of benzene rings is 8. The molecule has 14 aromatic rings. The van der Waals surface area contributed by atoms with Crippen molar-refractivity contribution in [3.05, 3.63) is 170 Å². The van der Waals surface area contributed by atoms with Crippen molar-refractivity contribution in [2.45, 2.75) is 0 Å². The van der Waals surface area contributed by atoms with Crippen molar-refractivity contribution < 1.29 is 13.3 Å². The Morgan fingerprint density at radius 1 is 0.344 bits per heavy atom. The summed E-state index contributed by atoms with van der Waals surface area (Å²) in [5.41, 5.74) is 10.4. The Morgan fingerprint density at radius 3 is 1.54 bits per heavy atom. The molecule has 0 radical (unpaired) electrons. The van der Waals surface area contributed by atoms with Gasteiger partial charge in [-0.3, -0.25) is 9.13 Å². The molecule has 0 aliphatic heterocycles. The van der Waals surface area contributed by atoms with E-state index in [4.69, 9.17) is 33.2 Å². The molecule has 0 N–H and O–H groups in total. The smallest absolute Gasteiger partial charge is 0.307 e. The number of nitrogens with zero attached hydrogens (tertiary/aromatic N) is 6. The first-order chi connectivity index (χ1) is 30.2. The molecule has 0 saturated heterocycles. The van der Waals surface area contributed by atoms with Crippen LogP contribution in [0.15, 0.2) is 183 Å². The maximum absolute atomic E-state index is 6.45. The number of furan rings is 2. The summed E-state index contributed by atoms with van der Waals surface area (Å²) in [6.07, 6.45) is 0. The number of hydrogen-bond donors (Lipinski definition) is 0. The van der Waals surface area contributed by atoms with Crippen LogP contribution in [0.1, 0.15) is 0 Å². The van der Waals surface area contributed by atoms with E-state index in [0.717, 1.165) is 110 Å². The predicted octanol–water partition coefficient (Wildman–Crippen LogP) is 13.3. The van der Waals surface area contributed by atoms with Crippen LogP contribution in [0.3, 0.4) is 0 Å². The van der Waals surface area contributed by atoms with Crippen molar-refractivity contribution in [2.24, 2.45) is 0 Å². The highest BCUT2D eigenvalue weighted by molar-refractivity contribution is 6.26. The molecule has 0 amide bonds. The van der Waals surface area contributed by atoms with Crippen LogP contribution < -0.4 is 0 Å². The zero-order valence-electron chi connectivity index (χ0n) is 32.1. The topological polar surface area (TPSA) is 101 Å². The molecular weight excluding hydrogens is 757 g/mol. The van der Waals surface area contributed by atoms with Gasteiger partial charge in [0.1, 0.15) is 27.8 Å². The average Bonchev–Trinajstić information content (AvgIpc) is 4.13. The SMILES string of the molecule is c1ccc2oc(-n3c4ccccc4c4c3ccc3c5ccccc5n(-c5nc(-c6ccc7oc8ccccc8c7c6)nc(-c6ccc7oc8ccccc8c7c6)n5)c34)nc2c1. The van der Waals surface area contributed by atoms with Crippen LogP contribution in [0.4, 0.5) is 0 Å². The second kappa shape index (κ2) is 12.0. The Morgan fingerprint density at radius 2 is 0.885 bits per heavy atom. The molecule has 9 heteroatoms. The fraction of sp³-hybridized carbons (Fsp3) is 0. The number of hydrogen-bond acceptors (Lipinski definition) is 7. The Bertz CT molecular complexity index is 3980. The zero-order chi connectivity index (χ0) is 39.8. The summed E-state index contributed by atoms with van der Waals surface area (Å²) in [6, 6.07) is 58.1. The van der Waals surface area contributed by atoms with E-state index >= 15 is 0 Å². The summed E-state index contributed by atoms with van der Waals surface area (Å²) in [7, 11) is 0. The van der Waals surface area contributed by atoms with Crippen molar-refractivity contribution in [1.29, 1.82) is 0 Å². The monoisotopic (exact) mass is 784 g/mol. The van der Waals surface area contributed by atoms with Crippen LogP contribution in [0.5, 0.6) is 0 Å². The van der Waals surface area contributed by atoms with Crippen molar-refractivity contribution in [1.82, 2.24) is 29.1 Å². The number of para-hydroxylation sites is 6. The largest absolute Gasteiger partial charge is 0.456 e. The second-order valence-corrected chi connectivity index (χ2v) is 15.4. The number of rotatable bonds is 4. The lowest BCUT2D eigenvalue weighted by atomic mass is 10.1. The molecule has 61 heavy (non-hydrogen) atoms. The third-order valence-electron chi connectivity index (χ3n) is 12.0. The highest BCUT2D eigenvalue weighted by Gasteiger charge is 2.25. The molecule has 0 spiro atoms. The van der Waals surface area contributed by atoms with Crippen molar-refractivity contribution >= 4 is 98.6 Å². The molecule has 6 aromatic heterocycles. The minimum atomic E-state index is 0.492. The molecule has 8 aromatic carbocycles. The lowest BCUT2D eigenvalue weighted by Gasteiger charge is -2.12. The van der Waals surface area contributed by atoms with Crippen molar-refractivity contribution in [2.75, 3.05) is 0 Å². The van der Waals surface area contributed by atoms with Crippen LogP contribution in [0.2, 0.25) is 0 Å². The summed E-state index contributed by atoms with van der Waals surface area (Å²) in [6.45, 7) is 0. The van der Waals surface area contributed by atoms with E-state index in [1.807, 2.05) is 84.9 Å². The average molecular weight is 785 g/mol. The van der Waals surface area contributed by atoms with Crippen molar-refractivity contribution in [3.8, 4) is 34.7 Å². The lowest BCUT2D eigenvalue weighted by molar-refractivity contribution is 0.574. The van der Waals surface area contributed by atoms with E-state index in [1.165, 1.54) is 0 Å². The van der Waals surface area contributed by atoms with Gasteiger partial charge in [-0.05, 0) is 78.9 Å². The Hall–Kier alpha value is -8.56. The highest BCUT2D eigenvalue weighted by Crippen LogP contribution is 2.42. The molecule has 0 saturated carbocycles. The van der Waals surface area contributed by atoms with Crippen LogP contribution in [-0.4, -0.2) is 29.1 Å². The van der Waals surface area contributed by atoms with Crippen molar-refractivity contribution in [3.63, 3.8) is 0 Å². The van der Waals surface area contributed by atoms with Gasteiger partial charge < -0.3 is 13.3 Å². The van der Waals surface area contributed by atoms with Crippen LogP contribution in [0.25, 0.3) is 133 Å². The molecule has 0 bridgehead atoms. The Labute approximate surface area is 344 Å². The summed E-state index contributed by atoms with van der Waals surface area (Å²) < 4.78 is 23.2. The van der Waals surface area contributed by atoms with Crippen LogP contribution in [0, 0.1) is 0 Å². The lowest BCUT2D eigenvalue weighted by Crippen LogP contribution is -2.06. The predicted molar refractivity (Wildman–Crippen MR) is 241 cm³/mol. The molecule has 0 aliphatic rings. The molecule has 0 unspecified atom stereocenters. The number of fused-ring (bicyclic) bond motifs is 14. The normalized spacial score (nSPS) is 12.3. The van der Waals surface area contributed by atoms with Gasteiger partial charge in [-0.2, -0.15) is 15.0 Å². The minimum Gasteiger partial charge on any atom is -0.456 e. The van der Waals surface area contributed by atoms with E-state index < -0.39 is 0 Å². The fourth-order valence-electron chi connectivity index (χ4n) is 9.33. The van der Waals surface area contributed by atoms with Gasteiger partial charge in [0.05, 0.1) is 22.1 Å². The fourth-order valence-corrected chi connectivity index (χ4v) is 9.33. The first-order valence-corrected chi connectivity index (χ1v) is 20.1. The van der Waals surface area contributed by atoms with Gasteiger partial charge in [0.2, 0.25) is 5.95 Å². The van der Waals surface area contributed by atoms with E-state index in [9.17, 15) is 0 Å². The highest BCUT2D eigenvalue weighted by atomic mass is 16.4. The molecule has 0 aliphatic carbocycles. The molecule has 0 fully saturated rings. The summed E-state index contributed by atoms with van der Waals surface area (Å²) >= 11 is 0. The van der Waals surface area contributed by atoms with Gasteiger partial charge in [-0.1, -0.05) is 91.0 Å². The molecule has 0 atom stereocenters. The van der Waals surface area contributed by atoms with Gasteiger partial charge in [0.25, 0.3) is 0 Å². The van der Waals surface area contributed by atoms with E-state index in [2.05, 4.69) is 94.1 Å². The molecule has 284 valence electrons. The maximum Gasteiger partial charge on any atom is 0.307 e. The first kappa shape index (κ1) is 32.4. The molecule has 9 nitrogen and oxygen atoms in total. The molecule has 6 heterocycles. The summed E-state index contributed by atoms with van der Waals surface area (Å²) in [5, 5.41) is 8.30. The Kier molecular flexibility index (Phi) is 6.37. The molecular formula is C52H28N6O3. The van der Waals surface area contributed by atoms with E-state index in [0.29, 0.717) is 23.6 Å². The van der Waals surface area contributed by atoms with Gasteiger partial charge in [0.15, 0.2) is 17.2 Å². The van der Waals surface area contributed by atoms with Gasteiger partial charge in [0, 0.05) is 54.2 Å². The number of oxazole rings is 1. The summed E-state index contributed by atoms with van der Waals surface area (Å²) in [4.78, 5) is 21.0. The third kappa shape index (κ3) is 4.59. The minimum absolute atomic E-state index is 0.492. The molecule has 14 rings (SSSR count). The van der Waals surface area contributed by atoms with Crippen LogP contribution in [-0.2, 0) is 0 Å². The number of aromatic nitrogens is 6. The van der Waals surface area contributed by atoms with Gasteiger partial charge in [-0.25, -0.2) is 4.98 Å². The van der Waals surface area contributed by atoms with Gasteiger partial charge >= 0.3 is 6.01 Å². The van der Waals surface area contributed by atoms with Crippen LogP contribution >= 0.6 is 0 Å². The zero-order valence-corrected chi connectivity index (χ0v) is 32.1. The van der Waals surface area contributed by atoms with E-state index in [-0.39, 0.29) is 0 Å². The third-order valence-corrected chi connectivity index (χ3v) is 12.0. The first-order valence-electron chi connectivity index (χ1n) is 20.1. The van der Waals surface area contributed by atoms with Gasteiger partial charge in [-0.15, -0.1) is 0 Å². The second-order valence-electron chi connectivity index (χ2n) is 15.4. The van der Waals surface area contributed by atoms with E-state index in [1.54, 1.807) is 0 Å². The quantitative estimate of drug-likeness (QED) is 0.175.